The zero-order valence-corrected chi connectivity index (χ0v) is 8.09. The summed E-state index contributed by atoms with van der Waals surface area (Å²) in [6.45, 7) is 0. The number of alkyl halides is 3. The number of rotatable bonds is 3. The molecule has 0 aliphatic heterocycles. The SMILES string of the molecule is NC(CC(=O)c1cccc(F)c1)C(F)(F)F. The Kier molecular flexibility index (Phi) is 3.64. The van der Waals surface area contributed by atoms with Crippen LogP contribution in [0, 0.1) is 5.82 Å². The largest absolute Gasteiger partial charge is 0.404 e. The fraction of sp³-hybridized carbons (Fsp3) is 0.300. The van der Waals surface area contributed by atoms with Crippen molar-refractivity contribution in [2.45, 2.75) is 18.6 Å². The van der Waals surface area contributed by atoms with Gasteiger partial charge in [-0.3, -0.25) is 4.79 Å². The van der Waals surface area contributed by atoms with Crippen molar-refractivity contribution in [2.75, 3.05) is 0 Å². The number of ketones is 1. The van der Waals surface area contributed by atoms with Crippen LogP contribution >= 0.6 is 0 Å². The summed E-state index contributed by atoms with van der Waals surface area (Å²) in [7, 11) is 0. The molecule has 0 heterocycles. The number of halogens is 4. The van der Waals surface area contributed by atoms with Gasteiger partial charge in [-0.25, -0.2) is 4.39 Å². The second kappa shape index (κ2) is 4.61. The summed E-state index contributed by atoms with van der Waals surface area (Å²) in [6.07, 6.45) is -5.50. The standard InChI is InChI=1S/C10H9F4NO/c11-7-3-1-2-6(4-7)8(16)5-9(15)10(12,13)14/h1-4,9H,5,15H2. The average Bonchev–Trinajstić information content (AvgIpc) is 2.16. The summed E-state index contributed by atoms with van der Waals surface area (Å²) in [5.74, 6) is -1.50. The molecule has 0 radical (unpaired) electrons. The Morgan fingerprint density at radius 3 is 2.50 bits per heavy atom. The van der Waals surface area contributed by atoms with Gasteiger partial charge in [0.05, 0.1) is 0 Å². The van der Waals surface area contributed by atoms with Crippen LogP contribution < -0.4 is 5.73 Å². The predicted molar refractivity (Wildman–Crippen MR) is 49.4 cm³/mol. The van der Waals surface area contributed by atoms with Gasteiger partial charge in [-0.05, 0) is 12.1 Å². The second-order valence-electron chi connectivity index (χ2n) is 3.29. The summed E-state index contributed by atoms with van der Waals surface area (Å²) >= 11 is 0. The van der Waals surface area contributed by atoms with Crippen LogP contribution in [-0.4, -0.2) is 18.0 Å². The van der Waals surface area contributed by atoms with E-state index in [4.69, 9.17) is 5.73 Å². The van der Waals surface area contributed by atoms with E-state index >= 15 is 0 Å². The molecule has 1 unspecified atom stereocenters. The van der Waals surface area contributed by atoms with Gasteiger partial charge in [0, 0.05) is 12.0 Å². The van der Waals surface area contributed by atoms with E-state index in [1.807, 2.05) is 0 Å². The second-order valence-corrected chi connectivity index (χ2v) is 3.29. The van der Waals surface area contributed by atoms with Crippen LogP contribution in [0.25, 0.3) is 0 Å². The van der Waals surface area contributed by atoms with Crippen molar-refractivity contribution in [1.29, 1.82) is 0 Å². The van der Waals surface area contributed by atoms with E-state index in [-0.39, 0.29) is 5.56 Å². The van der Waals surface area contributed by atoms with Gasteiger partial charge in [0.1, 0.15) is 11.9 Å². The molecule has 0 aliphatic carbocycles. The maximum atomic E-state index is 12.7. The summed E-state index contributed by atoms with van der Waals surface area (Å²) in [4.78, 5) is 11.3. The molecule has 0 aromatic heterocycles. The number of hydrogen-bond acceptors (Lipinski definition) is 2. The van der Waals surface area contributed by atoms with Crippen LogP contribution in [0.4, 0.5) is 17.6 Å². The number of Topliss-reactive ketones (excluding diaryl/α,β-unsaturated/α-hetero) is 1. The van der Waals surface area contributed by atoms with Crippen LogP contribution in [0.2, 0.25) is 0 Å². The summed E-state index contributed by atoms with van der Waals surface area (Å²) in [5.41, 5.74) is 4.68. The minimum Gasteiger partial charge on any atom is -0.320 e. The molecule has 1 rings (SSSR count). The molecule has 0 bridgehead atoms. The Balaban J connectivity index is 2.74. The number of hydrogen-bond donors (Lipinski definition) is 1. The first-order chi connectivity index (χ1) is 7.30. The minimum atomic E-state index is -4.62. The van der Waals surface area contributed by atoms with E-state index in [1.54, 1.807) is 0 Å². The van der Waals surface area contributed by atoms with E-state index in [1.165, 1.54) is 12.1 Å². The molecule has 0 saturated heterocycles. The highest BCUT2D eigenvalue weighted by Gasteiger charge is 2.37. The van der Waals surface area contributed by atoms with Crippen LogP contribution in [0.5, 0.6) is 0 Å². The molecule has 0 fully saturated rings. The molecule has 1 aromatic carbocycles. The predicted octanol–water partition coefficient (Wildman–Crippen LogP) is 2.29. The Bertz CT molecular complexity index is 389. The molecule has 2 nitrogen and oxygen atoms in total. The zero-order valence-electron chi connectivity index (χ0n) is 8.09. The van der Waals surface area contributed by atoms with Gasteiger partial charge in [0.2, 0.25) is 0 Å². The normalized spacial score (nSPS) is 13.6. The zero-order chi connectivity index (χ0) is 12.3. The van der Waals surface area contributed by atoms with Crippen molar-refractivity contribution >= 4 is 5.78 Å². The lowest BCUT2D eigenvalue weighted by Gasteiger charge is -2.14. The first-order valence-corrected chi connectivity index (χ1v) is 4.42. The molecule has 2 N–H and O–H groups in total. The fourth-order valence-corrected chi connectivity index (χ4v) is 1.10. The lowest BCUT2D eigenvalue weighted by atomic mass is 10.0. The van der Waals surface area contributed by atoms with Gasteiger partial charge in [0.15, 0.2) is 5.78 Å². The van der Waals surface area contributed by atoms with Gasteiger partial charge in [-0.15, -0.1) is 0 Å². The van der Waals surface area contributed by atoms with Crippen molar-refractivity contribution < 1.29 is 22.4 Å². The highest BCUT2D eigenvalue weighted by molar-refractivity contribution is 5.96. The lowest BCUT2D eigenvalue weighted by Crippen LogP contribution is -2.39. The lowest BCUT2D eigenvalue weighted by molar-refractivity contribution is -0.146. The topological polar surface area (TPSA) is 43.1 Å². The number of carbonyl (C=O) groups is 1. The Hall–Kier alpha value is -1.43. The van der Waals surface area contributed by atoms with E-state index in [2.05, 4.69) is 0 Å². The van der Waals surface area contributed by atoms with E-state index in [0.29, 0.717) is 0 Å². The number of nitrogens with two attached hydrogens (primary N) is 1. The van der Waals surface area contributed by atoms with Crippen LogP contribution in [-0.2, 0) is 0 Å². The molecule has 1 aromatic rings. The molecule has 1 atom stereocenters. The van der Waals surface area contributed by atoms with Crippen molar-refractivity contribution in [1.82, 2.24) is 0 Å². The van der Waals surface area contributed by atoms with Crippen molar-refractivity contribution in [2.24, 2.45) is 5.73 Å². The number of benzene rings is 1. The molecule has 0 aliphatic rings. The number of carbonyl (C=O) groups excluding carboxylic acids is 1. The van der Waals surface area contributed by atoms with Gasteiger partial charge in [-0.1, -0.05) is 12.1 Å². The van der Waals surface area contributed by atoms with Crippen molar-refractivity contribution in [3.05, 3.63) is 35.6 Å². The third-order valence-corrected chi connectivity index (χ3v) is 1.97. The molecule has 0 amide bonds. The quantitative estimate of drug-likeness (QED) is 0.645. The fourth-order valence-electron chi connectivity index (χ4n) is 1.10. The van der Waals surface area contributed by atoms with Crippen LogP contribution in [0.3, 0.4) is 0 Å². The molecular formula is C10H9F4NO. The van der Waals surface area contributed by atoms with E-state index in [0.717, 1.165) is 12.1 Å². The maximum absolute atomic E-state index is 12.7. The highest BCUT2D eigenvalue weighted by Crippen LogP contribution is 2.22. The Labute approximate surface area is 89.1 Å². The van der Waals surface area contributed by atoms with E-state index < -0.39 is 30.2 Å². The van der Waals surface area contributed by atoms with Gasteiger partial charge in [-0.2, -0.15) is 13.2 Å². The molecular weight excluding hydrogens is 226 g/mol. The van der Waals surface area contributed by atoms with Gasteiger partial charge in [0.25, 0.3) is 0 Å². The third kappa shape index (κ3) is 3.30. The average molecular weight is 235 g/mol. The monoisotopic (exact) mass is 235 g/mol. The van der Waals surface area contributed by atoms with E-state index in [9.17, 15) is 22.4 Å². The molecule has 0 spiro atoms. The molecule has 6 heteroatoms. The van der Waals surface area contributed by atoms with Gasteiger partial charge < -0.3 is 5.73 Å². The summed E-state index contributed by atoms with van der Waals surface area (Å²) in [6, 6.07) is 2.26. The Morgan fingerprint density at radius 1 is 1.38 bits per heavy atom. The maximum Gasteiger partial charge on any atom is 0.404 e. The van der Waals surface area contributed by atoms with Crippen molar-refractivity contribution in [3.8, 4) is 0 Å². The first-order valence-electron chi connectivity index (χ1n) is 4.42. The molecule has 88 valence electrons. The smallest absolute Gasteiger partial charge is 0.320 e. The highest BCUT2D eigenvalue weighted by atomic mass is 19.4. The minimum absolute atomic E-state index is 0.111. The third-order valence-electron chi connectivity index (χ3n) is 1.97. The summed E-state index contributed by atoms with van der Waals surface area (Å²) < 4.78 is 48.9. The van der Waals surface area contributed by atoms with Crippen LogP contribution in [0.15, 0.2) is 24.3 Å². The summed E-state index contributed by atoms with van der Waals surface area (Å²) in [5, 5.41) is 0. The first kappa shape index (κ1) is 12.6. The molecule has 0 saturated carbocycles. The Morgan fingerprint density at radius 2 is 2.00 bits per heavy atom. The van der Waals surface area contributed by atoms with Crippen molar-refractivity contribution in [3.63, 3.8) is 0 Å². The molecule has 16 heavy (non-hydrogen) atoms. The van der Waals surface area contributed by atoms with Gasteiger partial charge >= 0.3 is 6.18 Å². The van der Waals surface area contributed by atoms with Crippen LogP contribution in [0.1, 0.15) is 16.8 Å².